The third-order valence-electron chi connectivity index (χ3n) is 3.96. The Hall–Kier alpha value is 0.340. The molecule has 7 heteroatoms. The van der Waals surface area contributed by atoms with Gasteiger partial charge in [-0.15, -0.1) is 0 Å². The Kier molecular flexibility index (Phi) is 24.8. The van der Waals surface area contributed by atoms with Crippen LogP contribution in [0.5, 0.6) is 0 Å². The highest BCUT2D eigenvalue weighted by molar-refractivity contribution is 7.58. The fourth-order valence-corrected chi connectivity index (χ4v) is 5.30. The van der Waals surface area contributed by atoms with Crippen LogP contribution in [0.4, 0.5) is 0 Å². The van der Waals surface area contributed by atoms with E-state index < -0.39 is 15.6 Å². The van der Waals surface area contributed by atoms with Gasteiger partial charge in [-0.1, -0.05) is 66.7 Å². The molecule has 0 N–H and O–H groups in total. The lowest BCUT2D eigenvalue weighted by Gasteiger charge is -2.18. The molecule has 0 amide bonds. The van der Waals surface area contributed by atoms with E-state index in [1.54, 1.807) is 0 Å². The molecule has 0 radical (unpaired) electrons. The van der Waals surface area contributed by atoms with Crippen molar-refractivity contribution >= 4 is 15.6 Å². The van der Waals surface area contributed by atoms with Crippen molar-refractivity contribution in [3.05, 3.63) is 0 Å². The van der Waals surface area contributed by atoms with E-state index in [0.717, 1.165) is 76.5 Å². The summed E-state index contributed by atoms with van der Waals surface area (Å²) in [4.78, 5) is 0. The molecule has 0 rings (SSSR count). The lowest BCUT2D eigenvalue weighted by molar-refractivity contribution is 0.221. The molecule has 0 saturated heterocycles. The molecule has 0 aliphatic heterocycles. The van der Waals surface area contributed by atoms with Crippen molar-refractivity contribution in [3.8, 4) is 0 Å². The van der Waals surface area contributed by atoms with Crippen LogP contribution in [-0.4, -0.2) is 32.1 Å². The first-order valence-corrected chi connectivity index (χ1v) is 14.2. The van der Waals surface area contributed by atoms with Gasteiger partial charge in [0, 0.05) is 12.3 Å². The van der Waals surface area contributed by atoms with E-state index in [1.807, 2.05) is 0 Å². The highest BCUT2D eigenvalue weighted by Crippen LogP contribution is 2.48. The van der Waals surface area contributed by atoms with E-state index in [-0.39, 0.29) is 0 Å². The third kappa shape index (κ3) is 22.5. The van der Waals surface area contributed by atoms with Crippen LogP contribution in [0.1, 0.15) is 98.8 Å². The molecule has 0 aromatic carbocycles. The van der Waals surface area contributed by atoms with Gasteiger partial charge in [0.25, 0.3) is 0 Å². The molecule has 0 heterocycles. The van der Waals surface area contributed by atoms with Crippen LogP contribution in [0.25, 0.3) is 0 Å². The van der Waals surface area contributed by atoms with Gasteiger partial charge in [-0.3, -0.25) is 9.13 Å². The Morgan fingerprint density at radius 2 is 1.00 bits per heavy atom. The van der Waals surface area contributed by atoms with Crippen LogP contribution in [0, 0.1) is 0 Å². The van der Waals surface area contributed by atoms with Gasteiger partial charge in [0.2, 0.25) is 7.37 Å². The van der Waals surface area contributed by atoms with E-state index in [1.165, 1.54) is 0 Å². The van der Waals surface area contributed by atoms with Gasteiger partial charge in [0.05, 0.1) is 19.8 Å². The molecule has 0 aromatic heterocycles. The van der Waals surface area contributed by atoms with Crippen molar-refractivity contribution in [2.75, 3.05) is 32.1 Å². The van der Waals surface area contributed by atoms with Crippen molar-refractivity contribution in [1.82, 2.24) is 0 Å². The molecule has 0 aliphatic rings. The molecule has 0 aliphatic carbocycles. The molecule has 0 spiro atoms. The molecule has 5 nitrogen and oxygen atoms in total. The van der Waals surface area contributed by atoms with Crippen molar-refractivity contribution in [2.24, 2.45) is 0 Å². The second-order valence-corrected chi connectivity index (χ2v) is 10.7. The van der Waals surface area contributed by atoms with E-state index in [0.29, 0.717) is 19.8 Å². The largest absolute Gasteiger partial charge is 0.328 e. The van der Waals surface area contributed by atoms with Crippen molar-refractivity contribution in [2.45, 2.75) is 98.8 Å². The molecule has 0 unspecified atom stereocenters. The summed E-state index contributed by atoms with van der Waals surface area (Å²) in [5.41, 5.74) is 0. The Morgan fingerprint density at radius 3 is 1.37 bits per heavy atom. The molecular weight excluding hydrogens is 382 g/mol. The summed E-state index contributed by atoms with van der Waals surface area (Å²) in [6.45, 7) is 12.3. The normalized spacial score (nSPS) is 11.5. The minimum atomic E-state index is -2.28. The molecule has 0 atom stereocenters. The zero-order valence-corrected chi connectivity index (χ0v) is 20.5. The molecule has 166 valence electrons. The van der Waals surface area contributed by atoms with E-state index in [2.05, 4.69) is 34.6 Å². The quantitative estimate of drug-likeness (QED) is 0.165. The molecule has 0 aromatic rings. The first-order valence-electron chi connectivity index (χ1n) is 11.0. The summed E-state index contributed by atoms with van der Waals surface area (Å²) in [7, 11) is -4.47. The van der Waals surface area contributed by atoms with Crippen LogP contribution >= 0.6 is 15.6 Å². The summed E-state index contributed by atoms with van der Waals surface area (Å²) in [6, 6.07) is 0. The van der Waals surface area contributed by atoms with E-state index in [4.69, 9.17) is 13.6 Å². The number of hydrogen-bond acceptors (Lipinski definition) is 5. The summed E-state index contributed by atoms with van der Waals surface area (Å²) >= 11 is 0. The molecule has 27 heavy (non-hydrogen) atoms. The second-order valence-electron chi connectivity index (χ2n) is 6.81. The zero-order chi connectivity index (χ0) is 20.8. The smallest absolute Gasteiger partial charge is 0.319 e. The van der Waals surface area contributed by atoms with Gasteiger partial charge in [-0.2, -0.15) is 0 Å². The second kappa shape index (κ2) is 22.6. The Balaban J connectivity index is 0. The van der Waals surface area contributed by atoms with Gasteiger partial charge in [0.15, 0.2) is 0 Å². The predicted molar refractivity (Wildman–Crippen MR) is 119 cm³/mol. The van der Waals surface area contributed by atoms with Crippen LogP contribution in [0.2, 0.25) is 0 Å². The highest BCUT2D eigenvalue weighted by Gasteiger charge is 2.21. The molecule has 0 fully saturated rings. The number of unbranched alkanes of at least 4 members (excludes halogenated alkanes) is 5. The third-order valence-corrected chi connectivity index (χ3v) is 7.49. The SMILES string of the molecule is CCCCOP(=O)(CCCC)CCCC.CCCCO[PH](=O)OCCCC. The van der Waals surface area contributed by atoms with Crippen LogP contribution in [-0.2, 0) is 22.7 Å². The Bertz CT molecular complexity index is 340. The van der Waals surface area contributed by atoms with E-state index in [9.17, 15) is 9.13 Å². The van der Waals surface area contributed by atoms with Gasteiger partial charge < -0.3 is 13.6 Å². The van der Waals surface area contributed by atoms with Crippen LogP contribution < -0.4 is 0 Å². The topological polar surface area (TPSA) is 61.8 Å². The lowest BCUT2D eigenvalue weighted by atomic mass is 10.4. The van der Waals surface area contributed by atoms with Crippen molar-refractivity contribution in [3.63, 3.8) is 0 Å². The van der Waals surface area contributed by atoms with Gasteiger partial charge in [-0.25, -0.2) is 0 Å². The Labute approximate surface area is 169 Å². The number of rotatable bonds is 18. The molecular formula is C20H46O5P2. The minimum absolute atomic E-state index is 0.556. The van der Waals surface area contributed by atoms with Crippen LogP contribution in [0.3, 0.4) is 0 Å². The molecule has 0 saturated carbocycles. The van der Waals surface area contributed by atoms with E-state index >= 15 is 0 Å². The maximum atomic E-state index is 12.4. The molecule has 0 bridgehead atoms. The lowest BCUT2D eigenvalue weighted by Crippen LogP contribution is -2.01. The average Bonchev–Trinajstić information content (AvgIpc) is 2.66. The summed E-state index contributed by atoms with van der Waals surface area (Å²) in [5.74, 6) is 0. The van der Waals surface area contributed by atoms with Gasteiger partial charge in [-0.05, 0) is 32.1 Å². The van der Waals surface area contributed by atoms with Crippen LogP contribution in [0.15, 0.2) is 0 Å². The fraction of sp³-hybridized carbons (Fsp3) is 1.00. The van der Waals surface area contributed by atoms with Gasteiger partial charge >= 0.3 is 8.25 Å². The summed E-state index contributed by atoms with van der Waals surface area (Å²) in [6.07, 6.45) is 12.0. The maximum absolute atomic E-state index is 12.4. The predicted octanol–water partition coefficient (Wildman–Crippen LogP) is 7.69. The Morgan fingerprint density at radius 1 is 0.630 bits per heavy atom. The highest BCUT2D eigenvalue weighted by atomic mass is 31.2. The number of hydrogen-bond donors (Lipinski definition) is 0. The fourth-order valence-electron chi connectivity index (χ4n) is 2.06. The standard InChI is InChI=1S/C12H27O2P.C8H19O3P/c1-4-7-10-14-15(13,11-8-5-2)12-9-6-3;1-3-5-7-10-12(9)11-8-6-4-2/h4-12H2,1-3H3;12H,3-8H2,1-2H3. The monoisotopic (exact) mass is 428 g/mol. The van der Waals surface area contributed by atoms with Crippen molar-refractivity contribution < 1.29 is 22.7 Å². The first-order chi connectivity index (χ1) is 13.0. The summed E-state index contributed by atoms with van der Waals surface area (Å²) < 4.78 is 38.9. The minimum Gasteiger partial charge on any atom is -0.328 e. The zero-order valence-electron chi connectivity index (χ0n) is 18.6. The van der Waals surface area contributed by atoms with Gasteiger partial charge in [0.1, 0.15) is 0 Å². The van der Waals surface area contributed by atoms with Crippen molar-refractivity contribution in [1.29, 1.82) is 0 Å². The average molecular weight is 429 g/mol. The summed E-state index contributed by atoms with van der Waals surface area (Å²) in [5, 5.41) is 0. The maximum Gasteiger partial charge on any atom is 0.319 e. The first kappa shape index (κ1) is 29.5.